The highest BCUT2D eigenvalue weighted by atomic mass is 16.6. The van der Waals surface area contributed by atoms with Crippen LogP contribution in [0.4, 0.5) is 5.69 Å². The van der Waals surface area contributed by atoms with Crippen LogP contribution in [-0.2, 0) is 0 Å². The lowest BCUT2D eigenvalue weighted by Crippen LogP contribution is -2.48. The fourth-order valence-electron chi connectivity index (χ4n) is 1.17. The molecular weight excluding hydrogens is 222 g/mol. The second-order valence-corrected chi connectivity index (χ2v) is 4.35. The van der Waals surface area contributed by atoms with Crippen LogP contribution in [0, 0.1) is 10.1 Å². The maximum absolute atomic E-state index is 11.8. The molecule has 92 valence electrons. The van der Waals surface area contributed by atoms with E-state index in [0.717, 1.165) is 0 Å². The zero-order valence-electron chi connectivity index (χ0n) is 9.77. The van der Waals surface area contributed by atoms with Gasteiger partial charge in [-0.05, 0) is 26.0 Å². The highest BCUT2D eigenvalue weighted by Gasteiger charge is 2.19. The number of nitro benzene ring substituents is 1. The maximum atomic E-state index is 11.8. The number of non-ortho nitro benzene ring substituents is 1. The van der Waals surface area contributed by atoms with Gasteiger partial charge in [-0.25, -0.2) is 0 Å². The summed E-state index contributed by atoms with van der Waals surface area (Å²) in [7, 11) is 0. The van der Waals surface area contributed by atoms with E-state index in [1.807, 2.05) is 0 Å². The summed E-state index contributed by atoms with van der Waals surface area (Å²) in [5, 5.41) is 13.2. The van der Waals surface area contributed by atoms with Crippen molar-refractivity contribution in [2.75, 3.05) is 6.54 Å². The summed E-state index contributed by atoms with van der Waals surface area (Å²) >= 11 is 0. The third kappa shape index (κ3) is 3.53. The first kappa shape index (κ1) is 13.1. The summed E-state index contributed by atoms with van der Waals surface area (Å²) in [6.45, 7) is 3.91. The fraction of sp³-hybridized carbons (Fsp3) is 0.364. The summed E-state index contributed by atoms with van der Waals surface area (Å²) in [5.74, 6) is -0.296. The topological polar surface area (TPSA) is 98.3 Å². The van der Waals surface area contributed by atoms with Gasteiger partial charge in [0.25, 0.3) is 11.6 Å². The molecule has 1 aromatic rings. The lowest BCUT2D eigenvalue weighted by Gasteiger charge is -2.24. The third-order valence-corrected chi connectivity index (χ3v) is 2.30. The van der Waals surface area contributed by atoms with Gasteiger partial charge in [0.1, 0.15) is 0 Å². The highest BCUT2D eigenvalue weighted by molar-refractivity contribution is 5.94. The molecule has 17 heavy (non-hydrogen) atoms. The van der Waals surface area contributed by atoms with E-state index in [2.05, 4.69) is 5.32 Å². The van der Waals surface area contributed by atoms with E-state index in [9.17, 15) is 14.9 Å². The maximum Gasteiger partial charge on any atom is 0.269 e. The van der Waals surface area contributed by atoms with Gasteiger partial charge in [-0.15, -0.1) is 0 Å². The van der Waals surface area contributed by atoms with Gasteiger partial charge in [0.15, 0.2) is 0 Å². The number of amides is 1. The highest BCUT2D eigenvalue weighted by Crippen LogP contribution is 2.12. The Hall–Kier alpha value is -1.95. The molecule has 0 saturated carbocycles. The van der Waals surface area contributed by atoms with Gasteiger partial charge < -0.3 is 11.1 Å². The molecule has 0 aliphatic rings. The first-order valence-corrected chi connectivity index (χ1v) is 5.13. The van der Waals surface area contributed by atoms with Gasteiger partial charge >= 0.3 is 0 Å². The minimum absolute atomic E-state index is 0.0420. The van der Waals surface area contributed by atoms with E-state index in [-0.39, 0.29) is 11.6 Å². The summed E-state index contributed by atoms with van der Waals surface area (Å²) in [5.41, 5.74) is 5.32. The standard InChI is InChI=1S/C11H15N3O3/c1-11(2,7-12)13-10(15)8-3-5-9(6-4-8)14(16)17/h3-6H,7,12H2,1-2H3,(H,13,15). The predicted octanol–water partition coefficient (Wildman–Crippen LogP) is 1.06. The van der Waals surface area contributed by atoms with Crippen molar-refractivity contribution >= 4 is 11.6 Å². The van der Waals surface area contributed by atoms with Crippen molar-refractivity contribution in [2.24, 2.45) is 5.73 Å². The molecule has 3 N–H and O–H groups in total. The molecule has 1 amide bonds. The number of benzene rings is 1. The van der Waals surface area contributed by atoms with Crippen molar-refractivity contribution in [1.82, 2.24) is 5.32 Å². The van der Waals surface area contributed by atoms with E-state index in [4.69, 9.17) is 5.73 Å². The number of carbonyl (C=O) groups excluding carboxylic acids is 1. The second-order valence-electron chi connectivity index (χ2n) is 4.35. The van der Waals surface area contributed by atoms with Crippen LogP contribution in [0.25, 0.3) is 0 Å². The van der Waals surface area contributed by atoms with E-state index >= 15 is 0 Å². The third-order valence-electron chi connectivity index (χ3n) is 2.30. The Morgan fingerprint density at radius 1 is 1.41 bits per heavy atom. The van der Waals surface area contributed by atoms with Gasteiger partial charge in [-0.1, -0.05) is 0 Å². The Morgan fingerprint density at radius 2 is 1.94 bits per heavy atom. The van der Waals surface area contributed by atoms with Crippen molar-refractivity contribution in [3.05, 3.63) is 39.9 Å². The normalized spacial score (nSPS) is 11.0. The molecule has 1 aromatic carbocycles. The average molecular weight is 237 g/mol. The zero-order chi connectivity index (χ0) is 13.1. The van der Waals surface area contributed by atoms with Crippen LogP contribution in [0.5, 0.6) is 0 Å². The predicted molar refractivity (Wildman–Crippen MR) is 63.7 cm³/mol. The van der Waals surface area contributed by atoms with Crippen molar-refractivity contribution in [2.45, 2.75) is 19.4 Å². The lowest BCUT2D eigenvalue weighted by atomic mass is 10.1. The van der Waals surface area contributed by atoms with E-state index in [1.54, 1.807) is 13.8 Å². The Morgan fingerprint density at radius 3 is 2.35 bits per heavy atom. The fourth-order valence-corrected chi connectivity index (χ4v) is 1.17. The molecule has 0 spiro atoms. The number of carbonyl (C=O) groups is 1. The molecule has 0 fully saturated rings. The first-order valence-electron chi connectivity index (χ1n) is 5.13. The summed E-state index contributed by atoms with van der Waals surface area (Å²) in [6.07, 6.45) is 0. The van der Waals surface area contributed by atoms with Crippen LogP contribution in [0.15, 0.2) is 24.3 Å². The minimum Gasteiger partial charge on any atom is -0.346 e. The number of nitro groups is 1. The Kier molecular flexibility index (Phi) is 3.80. The van der Waals surface area contributed by atoms with Crippen molar-refractivity contribution < 1.29 is 9.72 Å². The first-order chi connectivity index (χ1) is 7.85. The van der Waals surface area contributed by atoms with Crippen molar-refractivity contribution in [3.63, 3.8) is 0 Å². The molecule has 0 atom stereocenters. The van der Waals surface area contributed by atoms with Crippen LogP contribution in [-0.4, -0.2) is 22.9 Å². The average Bonchev–Trinajstić information content (AvgIpc) is 2.28. The van der Waals surface area contributed by atoms with Crippen LogP contribution in [0.1, 0.15) is 24.2 Å². The van der Waals surface area contributed by atoms with Crippen molar-refractivity contribution in [1.29, 1.82) is 0 Å². The zero-order valence-corrected chi connectivity index (χ0v) is 9.77. The number of nitrogens with zero attached hydrogens (tertiary/aromatic N) is 1. The monoisotopic (exact) mass is 237 g/mol. The summed E-state index contributed by atoms with van der Waals surface area (Å²) < 4.78 is 0. The Bertz CT molecular complexity index is 426. The molecule has 0 aromatic heterocycles. The Balaban J connectivity index is 2.80. The van der Waals surface area contributed by atoms with E-state index in [0.29, 0.717) is 12.1 Å². The number of nitrogens with two attached hydrogens (primary N) is 1. The number of hydrogen-bond donors (Lipinski definition) is 2. The number of rotatable bonds is 4. The quantitative estimate of drug-likeness (QED) is 0.604. The van der Waals surface area contributed by atoms with Gasteiger partial charge in [0, 0.05) is 29.8 Å². The van der Waals surface area contributed by atoms with Crippen LogP contribution in [0.3, 0.4) is 0 Å². The molecule has 0 aliphatic carbocycles. The minimum atomic E-state index is -0.508. The number of nitrogens with one attached hydrogen (secondary N) is 1. The SMILES string of the molecule is CC(C)(CN)NC(=O)c1ccc([N+](=O)[O-])cc1. The molecule has 0 saturated heterocycles. The van der Waals surface area contributed by atoms with Gasteiger partial charge in [0.05, 0.1) is 4.92 Å². The van der Waals surface area contributed by atoms with Crippen LogP contribution in [0.2, 0.25) is 0 Å². The van der Waals surface area contributed by atoms with Gasteiger partial charge in [-0.2, -0.15) is 0 Å². The lowest BCUT2D eigenvalue weighted by molar-refractivity contribution is -0.384. The molecule has 0 heterocycles. The number of hydrogen-bond acceptors (Lipinski definition) is 4. The van der Waals surface area contributed by atoms with Crippen molar-refractivity contribution in [3.8, 4) is 0 Å². The van der Waals surface area contributed by atoms with Crippen LogP contribution >= 0.6 is 0 Å². The van der Waals surface area contributed by atoms with Crippen LogP contribution < -0.4 is 11.1 Å². The molecule has 6 nitrogen and oxygen atoms in total. The van der Waals surface area contributed by atoms with Gasteiger partial charge in [0.2, 0.25) is 0 Å². The molecule has 1 rings (SSSR count). The molecule has 0 radical (unpaired) electrons. The Labute approximate surface area is 99.0 Å². The summed E-state index contributed by atoms with van der Waals surface area (Å²) in [6, 6.07) is 5.43. The summed E-state index contributed by atoms with van der Waals surface area (Å²) in [4.78, 5) is 21.7. The molecule has 0 unspecified atom stereocenters. The molecule has 0 aliphatic heterocycles. The van der Waals surface area contributed by atoms with E-state index in [1.165, 1.54) is 24.3 Å². The van der Waals surface area contributed by atoms with Gasteiger partial charge in [-0.3, -0.25) is 14.9 Å². The second kappa shape index (κ2) is 4.92. The molecular formula is C11H15N3O3. The van der Waals surface area contributed by atoms with E-state index < -0.39 is 10.5 Å². The molecule has 6 heteroatoms. The molecule has 0 bridgehead atoms. The largest absolute Gasteiger partial charge is 0.346 e. The smallest absolute Gasteiger partial charge is 0.269 e.